The topological polar surface area (TPSA) is 35.6 Å². The Morgan fingerprint density at radius 1 is 0.429 bits per heavy atom. The summed E-state index contributed by atoms with van der Waals surface area (Å²) < 4.78 is 5.71. The Balaban J connectivity index is 1.35. The molecule has 0 aliphatic carbocycles. The lowest BCUT2D eigenvalue weighted by Crippen LogP contribution is -2.04. The summed E-state index contributed by atoms with van der Waals surface area (Å²) in [4.78, 5) is 10.5. The third-order valence-electron chi connectivity index (χ3n) is 9.58. The first kappa shape index (κ1) is 28.0. The highest BCUT2D eigenvalue weighted by Crippen LogP contribution is 2.43. The summed E-state index contributed by atoms with van der Waals surface area (Å²) in [5, 5.41) is 7.13. The number of halogens is 1. The summed E-state index contributed by atoms with van der Waals surface area (Å²) in [5.41, 5.74) is 9.39. The second-order valence-corrected chi connectivity index (χ2v) is 13.2. The molecule has 0 unspecified atom stereocenters. The maximum Gasteiger partial charge on any atom is 0.235 e. The Labute approximate surface area is 290 Å². The van der Waals surface area contributed by atoms with Crippen LogP contribution in [0.1, 0.15) is 0 Å². The molecule has 0 aliphatic heterocycles. The molecule has 49 heavy (non-hydrogen) atoms. The van der Waals surface area contributed by atoms with Crippen LogP contribution in [0.15, 0.2) is 168 Å². The van der Waals surface area contributed by atoms with Crippen molar-refractivity contribution >= 4 is 70.3 Å². The van der Waals surface area contributed by atoms with E-state index in [0.717, 1.165) is 60.1 Å². The SMILES string of the molecule is Brc1cc2ccccc2cc1-n1c2ccccc2c2ccc3c(c4ccccc4n3-c3nc(-c4ccccc4)cc(-c4ccccc4)n3)c21. The second kappa shape index (κ2) is 11.0. The van der Waals surface area contributed by atoms with Gasteiger partial charge in [0, 0.05) is 37.1 Å². The summed E-state index contributed by atoms with van der Waals surface area (Å²) in [5.74, 6) is 0.639. The Kier molecular flexibility index (Phi) is 6.30. The van der Waals surface area contributed by atoms with Crippen LogP contribution in [0, 0.1) is 0 Å². The van der Waals surface area contributed by atoms with Crippen LogP contribution in [-0.2, 0) is 0 Å². The molecule has 7 aromatic carbocycles. The van der Waals surface area contributed by atoms with Crippen molar-refractivity contribution in [3.63, 3.8) is 0 Å². The number of hydrogen-bond donors (Lipinski definition) is 0. The van der Waals surface area contributed by atoms with Crippen LogP contribution in [0.4, 0.5) is 0 Å². The molecular weight excluding hydrogens is 664 g/mol. The van der Waals surface area contributed by atoms with Crippen LogP contribution >= 0.6 is 15.9 Å². The first-order valence-corrected chi connectivity index (χ1v) is 17.2. The number of rotatable bonds is 4. The van der Waals surface area contributed by atoms with E-state index < -0.39 is 0 Å². The van der Waals surface area contributed by atoms with Crippen LogP contribution in [0.3, 0.4) is 0 Å². The maximum absolute atomic E-state index is 5.26. The quantitative estimate of drug-likeness (QED) is 0.184. The van der Waals surface area contributed by atoms with Gasteiger partial charge in [-0.1, -0.05) is 127 Å². The maximum atomic E-state index is 5.26. The van der Waals surface area contributed by atoms with E-state index in [9.17, 15) is 0 Å². The minimum Gasteiger partial charge on any atom is -0.307 e. The van der Waals surface area contributed by atoms with Gasteiger partial charge < -0.3 is 4.57 Å². The van der Waals surface area contributed by atoms with E-state index in [1.807, 2.05) is 12.1 Å². The monoisotopic (exact) mass is 690 g/mol. The first-order valence-electron chi connectivity index (χ1n) is 16.4. The van der Waals surface area contributed by atoms with E-state index in [1.54, 1.807) is 0 Å². The molecule has 230 valence electrons. The molecular formula is C44H27BrN4. The predicted octanol–water partition coefficient (Wildman–Crippen LogP) is 11.9. The molecule has 4 nitrogen and oxygen atoms in total. The summed E-state index contributed by atoms with van der Waals surface area (Å²) in [6.45, 7) is 0. The molecule has 0 amide bonds. The van der Waals surface area contributed by atoms with Gasteiger partial charge in [0.05, 0.1) is 39.1 Å². The molecule has 10 rings (SSSR count). The molecule has 0 bridgehead atoms. The summed E-state index contributed by atoms with van der Waals surface area (Å²) in [6, 6.07) is 57.7. The summed E-state index contributed by atoms with van der Waals surface area (Å²) in [6.07, 6.45) is 0. The van der Waals surface area contributed by atoms with Gasteiger partial charge in [-0.25, -0.2) is 9.97 Å². The van der Waals surface area contributed by atoms with Gasteiger partial charge >= 0.3 is 0 Å². The standard InChI is InChI=1S/C44H27BrN4/c45-35-25-30-17-7-8-18-31(30)26-41(35)48-38-21-11-9-19-32(38)33-23-24-40-42(43(33)48)34-20-10-12-22-39(34)49(40)44-46-36(28-13-3-1-4-14-28)27-37(47-44)29-15-5-2-6-16-29/h1-27H. The lowest BCUT2D eigenvalue weighted by atomic mass is 10.1. The van der Waals surface area contributed by atoms with E-state index in [0.29, 0.717) is 5.95 Å². The van der Waals surface area contributed by atoms with Crippen molar-refractivity contribution in [1.29, 1.82) is 0 Å². The van der Waals surface area contributed by atoms with Gasteiger partial charge in [-0.3, -0.25) is 4.57 Å². The zero-order valence-corrected chi connectivity index (χ0v) is 27.8. The van der Waals surface area contributed by atoms with Crippen molar-refractivity contribution in [2.24, 2.45) is 0 Å². The van der Waals surface area contributed by atoms with Gasteiger partial charge in [-0.15, -0.1) is 0 Å². The van der Waals surface area contributed by atoms with Gasteiger partial charge in [0.1, 0.15) is 0 Å². The van der Waals surface area contributed by atoms with Crippen molar-refractivity contribution in [2.45, 2.75) is 0 Å². The van der Waals surface area contributed by atoms with Crippen LogP contribution in [0.2, 0.25) is 0 Å². The van der Waals surface area contributed by atoms with E-state index in [-0.39, 0.29) is 0 Å². The second-order valence-electron chi connectivity index (χ2n) is 12.4. The van der Waals surface area contributed by atoms with Crippen LogP contribution < -0.4 is 0 Å². The zero-order chi connectivity index (χ0) is 32.5. The highest BCUT2D eigenvalue weighted by Gasteiger charge is 2.23. The Hall–Kier alpha value is -6.04. The fraction of sp³-hybridized carbons (Fsp3) is 0. The zero-order valence-electron chi connectivity index (χ0n) is 26.3. The molecule has 5 heteroatoms. The summed E-state index contributed by atoms with van der Waals surface area (Å²) >= 11 is 3.98. The summed E-state index contributed by atoms with van der Waals surface area (Å²) in [7, 11) is 0. The average molecular weight is 692 g/mol. The van der Waals surface area contributed by atoms with E-state index >= 15 is 0 Å². The molecule has 0 aliphatic rings. The smallest absolute Gasteiger partial charge is 0.235 e. The molecule has 0 fully saturated rings. The highest BCUT2D eigenvalue weighted by atomic mass is 79.9. The molecule has 0 atom stereocenters. The lowest BCUT2D eigenvalue weighted by molar-refractivity contribution is 0.996. The Bertz CT molecular complexity index is 2830. The van der Waals surface area contributed by atoms with Crippen molar-refractivity contribution in [3.8, 4) is 34.2 Å². The van der Waals surface area contributed by atoms with Gasteiger partial charge in [0.25, 0.3) is 0 Å². The molecule has 3 heterocycles. The normalized spacial score (nSPS) is 11.8. The largest absolute Gasteiger partial charge is 0.307 e. The molecule has 0 saturated carbocycles. The molecule has 3 aromatic heterocycles. The number of aromatic nitrogens is 4. The number of benzene rings is 7. The molecule has 0 radical (unpaired) electrons. The van der Waals surface area contributed by atoms with Crippen molar-refractivity contribution in [3.05, 3.63) is 168 Å². The van der Waals surface area contributed by atoms with Gasteiger partial charge in [0.2, 0.25) is 5.95 Å². The van der Waals surface area contributed by atoms with Crippen LogP contribution in [0.5, 0.6) is 0 Å². The van der Waals surface area contributed by atoms with Gasteiger partial charge in [-0.05, 0) is 63.1 Å². The van der Waals surface area contributed by atoms with Crippen molar-refractivity contribution < 1.29 is 0 Å². The van der Waals surface area contributed by atoms with Crippen LogP contribution in [-0.4, -0.2) is 19.1 Å². The fourth-order valence-electron chi connectivity index (χ4n) is 7.39. The van der Waals surface area contributed by atoms with Gasteiger partial charge in [-0.2, -0.15) is 0 Å². The molecule has 0 spiro atoms. The van der Waals surface area contributed by atoms with Crippen LogP contribution in [0.25, 0.3) is 88.5 Å². The third kappa shape index (κ3) is 4.36. The number of nitrogens with zero attached hydrogens (tertiary/aromatic N) is 4. The highest BCUT2D eigenvalue weighted by molar-refractivity contribution is 9.10. The Morgan fingerprint density at radius 2 is 0.980 bits per heavy atom. The minimum absolute atomic E-state index is 0.639. The van der Waals surface area contributed by atoms with Crippen molar-refractivity contribution in [2.75, 3.05) is 0 Å². The molecule has 0 N–H and O–H groups in total. The Morgan fingerprint density at radius 3 is 1.65 bits per heavy atom. The van der Waals surface area contributed by atoms with E-state index in [2.05, 4.69) is 177 Å². The van der Waals surface area contributed by atoms with E-state index in [1.165, 1.54) is 26.9 Å². The number of fused-ring (bicyclic) bond motifs is 8. The lowest BCUT2D eigenvalue weighted by Gasteiger charge is -2.13. The fourth-order valence-corrected chi connectivity index (χ4v) is 7.93. The number of para-hydroxylation sites is 2. The van der Waals surface area contributed by atoms with E-state index in [4.69, 9.17) is 9.97 Å². The molecule has 0 saturated heterocycles. The predicted molar refractivity (Wildman–Crippen MR) is 207 cm³/mol. The average Bonchev–Trinajstić information content (AvgIpc) is 3.68. The molecule has 10 aromatic rings. The van der Waals surface area contributed by atoms with Gasteiger partial charge in [0.15, 0.2) is 0 Å². The van der Waals surface area contributed by atoms with Crippen molar-refractivity contribution in [1.82, 2.24) is 19.1 Å². The number of hydrogen-bond acceptors (Lipinski definition) is 2. The third-order valence-corrected chi connectivity index (χ3v) is 10.2. The first-order chi connectivity index (χ1) is 24.2. The minimum atomic E-state index is 0.639.